The van der Waals surface area contributed by atoms with Crippen molar-refractivity contribution < 1.29 is 24.2 Å². The summed E-state index contributed by atoms with van der Waals surface area (Å²) in [6.45, 7) is 9.40. The van der Waals surface area contributed by atoms with Crippen molar-refractivity contribution in [3.05, 3.63) is 0 Å². The van der Waals surface area contributed by atoms with E-state index in [1.807, 2.05) is 6.92 Å². The number of thioether (sulfide) groups is 1. The van der Waals surface area contributed by atoms with Gasteiger partial charge in [-0.25, -0.2) is 0 Å². The maximum Gasteiger partial charge on any atom is 0.244 e. The van der Waals surface area contributed by atoms with Gasteiger partial charge in [0.2, 0.25) is 17.7 Å². The Bertz CT molecular complexity index is 748. The lowest BCUT2D eigenvalue weighted by Crippen LogP contribution is -2.57. The predicted octanol–water partition coefficient (Wildman–Crippen LogP) is -0.319. The van der Waals surface area contributed by atoms with Gasteiger partial charge < -0.3 is 25.4 Å². The van der Waals surface area contributed by atoms with Crippen LogP contribution in [0.2, 0.25) is 0 Å². The third-order valence-electron chi connectivity index (χ3n) is 7.73. The van der Waals surface area contributed by atoms with Gasteiger partial charge in [0.15, 0.2) is 0 Å². The number of morpholine rings is 1. The summed E-state index contributed by atoms with van der Waals surface area (Å²) in [7, 11) is 0. The van der Waals surface area contributed by atoms with Gasteiger partial charge in [0.25, 0.3) is 0 Å². The molecule has 3 unspecified atom stereocenters. The SMILES string of the molecule is CCCNC(=O)[C@@H]1[C@H]2C(=O)N(CCCO)C(C(=O)NCCN3CCOCC3)C23S[C@@H]1CC3C. The molecule has 4 aliphatic rings. The fraction of sp³-hybridized carbons (Fsp3) is 0.870. The minimum atomic E-state index is -0.611. The lowest BCUT2D eigenvalue weighted by molar-refractivity contribution is -0.140. The summed E-state index contributed by atoms with van der Waals surface area (Å²) in [6, 6.07) is -0.611. The van der Waals surface area contributed by atoms with E-state index in [4.69, 9.17) is 4.74 Å². The van der Waals surface area contributed by atoms with Gasteiger partial charge in [-0.3, -0.25) is 19.3 Å². The Balaban J connectivity index is 1.54. The van der Waals surface area contributed by atoms with E-state index in [2.05, 4.69) is 22.5 Å². The van der Waals surface area contributed by atoms with E-state index in [-0.39, 0.29) is 35.5 Å². The Labute approximate surface area is 200 Å². The maximum absolute atomic E-state index is 13.7. The summed E-state index contributed by atoms with van der Waals surface area (Å²) in [5.74, 6) is -1.01. The van der Waals surface area contributed by atoms with E-state index in [0.717, 1.165) is 32.5 Å². The number of fused-ring (bicyclic) bond motifs is 1. The fourth-order valence-electron chi connectivity index (χ4n) is 6.23. The van der Waals surface area contributed by atoms with E-state index >= 15 is 0 Å². The topological polar surface area (TPSA) is 111 Å². The normalized spacial score (nSPS) is 35.7. The molecule has 4 saturated heterocycles. The zero-order valence-corrected chi connectivity index (χ0v) is 20.6. The van der Waals surface area contributed by atoms with E-state index in [9.17, 15) is 19.5 Å². The summed E-state index contributed by atoms with van der Waals surface area (Å²) in [4.78, 5) is 44.3. The Kier molecular flexibility index (Phi) is 7.87. The Morgan fingerprint density at radius 1 is 1.18 bits per heavy atom. The summed E-state index contributed by atoms with van der Waals surface area (Å²) in [6.07, 6.45) is 2.10. The van der Waals surface area contributed by atoms with Crippen molar-refractivity contribution in [3.63, 3.8) is 0 Å². The molecule has 4 rings (SSSR count). The first-order valence-electron chi connectivity index (χ1n) is 12.4. The number of hydrogen-bond acceptors (Lipinski definition) is 7. The smallest absolute Gasteiger partial charge is 0.244 e. The van der Waals surface area contributed by atoms with E-state index in [1.165, 1.54) is 0 Å². The molecule has 9 nitrogen and oxygen atoms in total. The van der Waals surface area contributed by atoms with Crippen LogP contribution in [0.25, 0.3) is 0 Å². The number of aliphatic hydroxyl groups is 1. The van der Waals surface area contributed by atoms with Gasteiger partial charge in [-0.05, 0) is 25.2 Å². The zero-order valence-electron chi connectivity index (χ0n) is 19.8. The predicted molar refractivity (Wildman–Crippen MR) is 126 cm³/mol. The number of carbonyl (C=O) groups is 3. The number of aliphatic hydroxyl groups excluding tert-OH is 1. The quantitative estimate of drug-likeness (QED) is 0.391. The molecule has 4 heterocycles. The van der Waals surface area contributed by atoms with Gasteiger partial charge >= 0.3 is 0 Å². The van der Waals surface area contributed by atoms with Crippen molar-refractivity contribution in [2.24, 2.45) is 17.8 Å². The number of likely N-dealkylation sites (tertiary alicyclic amines) is 1. The first-order chi connectivity index (χ1) is 16.0. The second-order valence-electron chi connectivity index (χ2n) is 9.70. The Hall–Kier alpha value is -1.36. The number of rotatable bonds is 10. The van der Waals surface area contributed by atoms with Crippen molar-refractivity contribution in [2.75, 3.05) is 59.1 Å². The van der Waals surface area contributed by atoms with Gasteiger partial charge in [0, 0.05) is 51.1 Å². The molecule has 4 fully saturated rings. The van der Waals surface area contributed by atoms with Crippen LogP contribution < -0.4 is 10.6 Å². The molecule has 3 amide bonds. The summed E-state index contributed by atoms with van der Waals surface area (Å²) < 4.78 is 4.80. The minimum Gasteiger partial charge on any atom is -0.396 e. The number of hydrogen-bond donors (Lipinski definition) is 3. The highest BCUT2D eigenvalue weighted by Gasteiger charge is 2.75. The molecule has 0 radical (unpaired) electrons. The average Bonchev–Trinajstić information content (AvgIpc) is 3.40. The van der Waals surface area contributed by atoms with Crippen molar-refractivity contribution in [3.8, 4) is 0 Å². The van der Waals surface area contributed by atoms with Gasteiger partial charge in [0.05, 0.1) is 29.8 Å². The number of carbonyl (C=O) groups excluding carboxylic acids is 3. The van der Waals surface area contributed by atoms with Crippen LogP contribution in [0, 0.1) is 17.8 Å². The minimum absolute atomic E-state index is 0.0431. The summed E-state index contributed by atoms with van der Waals surface area (Å²) in [5, 5.41) is 15.6. The number of amides is 3. The largest absolute Gasteiger partial charge is 0.396 e. The zero-order chi connectivity index (χ0) is 23.6. The van der Waals surface area contributed by atoms with Crippen molar-refractivity contribution in [2.45, 2.75) is 49.1 Å². The third kappa shape index (κ3) is 4.39. The highest BCUT2D eigenvalue weighted by Crippen LogP contribution is 2.68. The standard InChI is InChI=1S/C23H38N4O5S/c1-3-5-24-20(29)17-16-14-15(2)23(33-16)18(17)22(31)27(7-4-11-28)19(23)21(30)25-6-8-26-9-12-32-13-10-26/h15-19,28H,3-14H2,1-2H3,(H,24,29)(H,25,30)/t15?,16-,17+,18+,19?,23?/m1/s1. The average molecular weight is 483 g/mol. The van der Waals surface area contributed by atoms with Gasteiger partial charge in [0.1, 0.15) is 6.04 Å². The van der Waals surface area contributed by atoms with E-state index in [1.54, 1.807) is 16.7 Å². The molecular formula is C23H38N4O5S. The van der Waals surface area contributed by atoms with Crippen LogP contribution in [-0.4, -0.2) is 108 Å². The molecule has 6 atom stereocenters. The highest BCUT2D eigenvalue weighted by atomic mass is 32.2. The number of nitrogens with zero attached hydrogens (tertiary/aromatic N) is 2. The van der Waals surface area contributed by atoms with Crippen molar-refractivity contribution in [1.82, 2.24) is 20.4 Å². The molecule has 33 heavy (non-hydrogen) atoms. The molecule has 0 saturated carbocycles. The van der Waals surface area contributed by atoms with Gasteiger partial charge in [-0.1, -0.05) is 13.8 Å². The fourth-order valence-corrected chi connectivity index (χ4v) is 8.65. The number of ether oxygens (including phenoxy) is 1. The maximum atomic E-state index is 13.7. The monoisotopic (exact) mass is 482 g/mol. The summed E-state index contributed by atoms with van der Waals surface area (Å²) in [5.41, 5.74) is 0. The molecule has 3 N–H and O–H groups in total. The van der Waals surface area contributed by atoms with Crippen LogP contribution in [0.1, 0.15) is 33.1 Å². The van der Waals surface area contributed by atoms with E-state index < -0.39 is 22.6 Å². The lowest BCUT2D eigenvalue weighted by atomic mass is 9.66. The molecule has 186 valence electrons. The van der Waals surface area contributed by atoms with E-state index in [0.29, 0.717) is 39.3 Å². The van der Waals surface area contributed by atoms with Crippen molar-refractivity contribution >= 4 is 29.5 Å². The Morgan fingerprint density at radius 2 is 1.91 bits per heavy atom. The van der Waals surface area contributed by atoms with Crippen LogP contribution in [0.5, 0.6) is 0 Å². The Morgan fingerprint density at radius 3 is 2.61 bits per heavy atom. The van der Waals surface area contributed by atoms with Crippen molar-refractivity contribution in [1.29, 1.82) is 0 Å². The van der Waals surface area contributed by atoms with Crippen LogP contribution in [-0.2, 0) is 19.1 Å². The van der Waals surface area contributed by atoms with Crippen LogP contribution in [0.4, 0.5) is 0 Å². The van der Waals surface area contributed by atoms with Gasteiger partial charge in [-0.15, -0.1) is 11.8 Å². The second-order valence-corrected chi connectivity index (χ2v) is 11.2. The third-order valence-corrected chi connectivity index (χ3v) is 9.81. The van der Waals surface area contributed by atoms with Crippen LogP contribution in [0.15, 0.2) is 0 Å². The second kappa shape index (κ2) is 10.5. The molecule has 4 aliphatic heterocycles. The molecule has 0 aromatic carbocycles. The number of nitrogens with one attached hydrogen (secondary N) is 2. The first kappa shape index (κ1) is 24.8. The van der Waals surface area contributed by atoms with Crippen LogP contribution >= 0.6 is 11.8 Å². The molecule has 2 bridgehead atoms. The molecule has 0 aromatic heterocycles. The summed E-state index contributed by atoms with van der Waals surface area (Å²) >= 11 is 1.69. The van der Waals surface area contributed by atoms with Crippen LogP contribution in [0.3, 0.4) is 0 Å². The molecular weight excluding hydrogens is 444 g/mol. The van der Waals surface area contributed by atoms with Gasteiger partial charge in [-0.2, -0.15) is 0 Å². The molecule has 1 spiro atoms. The first-order valence-corrected chi connectivity index (χ1v) is 13.3. The lowest BCUT2D eigenvalue weighted by Gasteiger charge is -2.38. The molecule has 10 heteroatoms. The molecule has 0 aromatic rings. The highest BCUT2D eigenvalue weighted by molar-refractivity contribution is 8.02. The molecule has 0 aliphatic carbocycles.